The molecule has 0 saturated heterocycles. The number of ether oxygens (including phenoxy) is 1. The quantitative estimate of drug-likeness (QED) is 0.839. The fourth-order valence-electron chi connectivity index (χ4n) is 1.70. The summed E-state index contributed by atoms with van der Waals surface area (Å²) in [6.07, 6.45) is -1.09. The third kappa shape index (κ3) is 4.43. The molecule has 2 aromatic rings. The van der Waals surface area contributed by atoms with Crippen molar-refractivity contribution in [3.63, 3.8) is 0 Å². The van der Waals surface area contributed by atoms with Crippen LogP contribution in [0.3, 0.4) is 0 Å². The Hall–Kier alpha value is -2.60. The van der Waals surface area contributed by atoms with Gasteiger partial charge in [-0.05, 0) is 49.4 Å². The zero-order chi connectivity index (χ0) is 17.0. The number of rotatable bonds is 4. The molecule has 23 heavy (non-hydrogen) atoms. The second-order valence-corrected chi connectivity index (χ2v) is 5.12. The number of hydrogen-bond donors (Lipinski definition) is 2. The van der Waals surface area contributed by atoms with Crippen molar-refractivity contribution in [3.8, 4) is 5.75 Å². The van der Waals surface area contributed by atoms with Gasteiger partial charge in [-0.2, -0.15) is 0 Å². The number of phenolic OH excluding ortho intramolecular Hbond substituents is 1. The van der Waals surface area contributed by atoms with Crippen LogP contribution in [-0.2, 0) is 9.53 Å². The third-order valence-corrected chi connectivity index (χ3v) is 3.26. The first-order chi connectivity index (χ1) is 10.9. The summed E-state index contributed by atoms with van der Waals surface area (Å²) in [5.74, 6) is -1.83. The van der Waals surface area contributed by atoms with Gasteiger partial charge in [0.05, 0.1) is 16.3 Å². The van der Waals surface area contributed by atoms with Crippen LogP contribution in [-0.4, -0.2) is 23.1 Å². The van der Waals surface area contributed by atoms with E-state index in [9.17, 15) is 14.0 Å². The number of carbonyl (C=O) groups is 2. The van der Waals surface area contributed by atoms with Crippen LogP contribution in [0.1, 0.15) is 17.3 Å². The van der Waals surface area contributed by atoms with Crippen molar-refractivity contribution in [1.29, 1.82) is 0 Å². The summed E-state index contributed by atoms with van der Waals surface area (Å²) in [6, 6.07) is 8.93. The Morgan fingerprint density at radius 3 is 2.48 bits per heavy atom. The monoisotopic (exact) mass is 337 g/mol. The van der Waals surface area contributed by atoms with Gasteiger partial charge in [-0.25, -0.2) is 9.18 Å². The maximum atomic E-state index is 12.9. The van der Waals surface area contributed by atoms with Crippen LogP contribution < -0.4 is 5.32 Å². The predicted octanol–water partition coefficient (Wildman–Crippen LogP) is 3.37. The van der Waals surface area contributed by atoms with E-state index < -0.39 is 23.8 Å². The Labute approximate surface area is 136 Å². The highest BCUT2D eigenvalue weighted by Gasteiger charge is 2.20. The maximum absolute atomic E-state index is 12.9. The van der Waals surface area contributed by atoms with Crippen LogP contribution in [0.25, 0.3) is 0 Å². The zero-order valence-corrected chi connectivity index (χ0v) is 12.8. The first-order valence-electron chi connectivity index (χ1n) is 6.63. The zero-order valence-electron chi connectivity index (χ0n) is 12.0. The number of nitrogens with one attached hydrogen (secondary N) is 1. The van der Waals surface area contributed by atoms with E-state index >= 15 is 0 Å². The molecule has 1 atom stereocenters. The lowest BCUT2D eigenvalue weighted by Crippen LogP contribution is -2.30. The minimum atomic E-state index is -1.09. The van der Waals surface area contributed by atoms with Gasteiger partial charge in [0.2, 0.25) is 0 Å². The van der Waals surface area contributed by atoms with Crippen LogP contribution in [0.2, 0.25) is 5.02 Å². The SMILES string of the molecule is CC(OC(=O)c1ccc(O)cc1)C(=O)Nc1ccc(F)cc1Cl. The Balaban J connectivity index is 1.99. The molecule has 0 radical (unpaired) electrons. The molecule has 0 aliphatic heterocycles. The summed E-state index contributed by atoms with van der Waals surface area (Å²) in [7, 11) is 0. The lowest BCUT2D eigenvalue weighted by atomic mass is 10.2. The molecule has 0 heterocycles. The summed E-state index contributed by atoms with van der Waals surface area (Å²) in [5.41, 5.74) is 0.410. The lowest BCUT2D eigenvalue weighted by Gasteiger charge is -2.14. The highest BCUT2D eigenvalue weighted by molar-refractivity contribution is 6.33. The lowest BCUT2D eigenvalue weighted by molar-refractivity contribution is -0.123. The van der Waals surface area contributed by atoms with E-state index in [0.717, 1.165) is 12.1 Å². The number of amides is 1. The first kappa shape index (κ1) is 16.8. The predicted molar refractivity (Wildman–Crippen MR) is 83.0 cm³/mol. The molecule has 0 bridgehead atoms. The van der Waals surface area contributed by atoms with Gasteiger partial charge in [0.25, 0.3) is 5.91 Å². The second-order valence-electron chi connectivity index (χ2n) is 4.71. The number of hydrogen-bond acceptors (Lipinski definition) is 4. The number of carbonyl (C=O) groups excluding carboxylic acids is 2. The molecule has 5 nitrogen and oxygen atoms in total. The molecule has 120 valence electrons. The van der Waals surface area contributed by atoms with Crippen molar-refractivity contribution in [2.45, 2.75) is 13.0 Å². The summed E-state index contributed by atoms with van der Waals surface area (Å²) in [6.45, 7) is 1.39. The Bertz CT molecular complexity index is 733. The molecule has 0 aromatic heterocycles. The highest BCUT2D eigenvalue weighted by atomic mass is 35.5. The molecular weight excluding hydrogens is 325 g/mol. The average Bonchev–Trinajstić information content (AvgIpc) is 2.50. The third-order valence-electron chi connectivity index (χ3n) is 2.95. The molecule has 0 spiro atoms. The number of aromatic hydroxyl groups is 1. The van der Waals surface area contributed by atoms with Gasteiger partial charge < -0.3 is 15.2 Å². The molecule has 7 heteroatoms. The van der Waals surface area contributed by atoms with E-state index in [2.05, 4.69) is 5.32 Å². The number of phenols is 1. The van der Waals surface area contributed by atoms with Crippen molar-refractivity contribution < 1.29 is 23.8 Å². The molecule has 2 N–H and O–H groups in total. The molecular formula is C16H13ClFNO4. The second kappa shape index (κ2) is 7.11. The van der Waals surface area contributed by atoms with Crippen LogP contribution >= 0.6 is 11.6 Å². The van der Waals surface area contributed by atoms with E-state index in [1.165, 1.54) is 37.3 Å². The maximum Gasteiger partial charge on any atom is 0.338 e. The minimum Gasteiger partial charge on any atom is -0.508 e. The molecule has 0 aliphatic carbocycles. The fourth-order valence-corrected chi connectivity index (χ4v) is 1.92. The standard InChI is InChI=1S/C16H13ClFNO4/c1-9(23-16(22)10-2-5-12(20)6-3-10)15(21)19-14-7-4-11(18)8-13(14)17/h2-9,20H,1H3,(H,19,21). The van der Waals surface area contributed by atoms with Crippen molar-refractivity contribution in [3.05, 3.63) is 58.9 Å². The topological polar surface area (TPSA) is 75.6 Å². The average molecular weight is 338 g/mol. The van der Waals surface area contributed by atoms with Crippen molar-refractivity contribution in [1.82, 2.24) is 0 Å². The van der Waals surface area contributed by atoms with E-state index in [0.29, 0.717) is 0 Å². The van der Waals surface area contributed by atoms with E-state index in [1.807, 2.05) is 0 Å². The van der Waals surface area contributed by atoms with Crippen molar-refractivity contribution >= 4 is 29.2 Å². The highest BCUT2D eigenvalue weighted by Crippen LogP contribution is 2.22. The fraction of sp³-hybridized carbons (Fsp3) is 0.125. The Morgan fingerprint density at radius 2 is 1.87 bits per heavy atom. The van der Waals surface area contributed by atoms with E-state index in [-0.39, 0.29) is 22.0 Å². The summed E-state index contributed by atoms with van der Waals surface area (Å²) in [5, 5.41) is 11.6. The van der Waals surface area contributed by atoms with Crippen LogP contribution in [0.5, 0.6) is 5.75 Å². The molecule has 0 saturated carbocycles. The van der Waals surface area contributed by atoms with Crippen LogP contribution in [0, 0.1) is 5.82 Å². The van der Waals surface area contributed by atoms with Gasteiger partial charge in [-0.3, -0.25) is 4.79 Å². The molecule has 2 aromatic carbocycles. The molecule has 0 fully saturated rings. The smallest absolute Gasteiger partial charge is 0.338 e. The van der Waals surface area contributed by atoms with E-state index in [4.69, 9.17) is 21.4 Å². The van der Waals surface area contributed by atoms with Crippen molar-refractivity contribution in [2.24, 2.45) is 0 Å². The Morgan fingerprint density at radius 1 is 1.22 bits per heavy atom. The summed E-state index contributed by atoms with van der Waals surface area (Å²) >= 11 is 5.81. The van der Waals surface area contributed by atoms with Gasteiger partial charge in [0.15, 0.2) is 6.10 Å². The number of anilines is 1. The largest absolute Gasteiger partial charge is 0.508 e. The number of benzene rings is 2. The van der Waals surface area contributed by atoms with Crippen molar-refractivity contribution in [2.75, 3.05) is 5.32 Å². The van der Waals surface area contributed by atoms with Gasteiger partial charge in [0.1, 0.15) is 11.6 Å². The van der Waals surface area contributed by atoms with Gasteiger partial charge in [-0.15, -0.1) is 0 Å². The first-order valence-corrected chi connectivity index (χ1v) is 7.00. The normalized spacial score (nSPS) is 11.6. The molecule has 2 rings (SSSR count). The molecule has 1 unspecified atom stereocenters. The van der Waals surface area contributed by atoms with Gasteiger partial charge in [-0.1, -0.05) is 11.6 Å². The van der Waals surface area contributed by atoms with Crippen LogP contribution in [0.4, 0.5) is 10.1 Å². The summed E-state index contributed by atoms with van der Waals surface area (Å²) in [4.78, 5) is 23.9. The minimum absolute atomic E-state index is 0.0123. The molecule has 0 aliphatic rings. The Kier molecular flexibility index (Phi) is 5.18. The number of esters is 1. The van der Waals surface area contributed by atoms with Crippen LogP contribution in [0.15, 0.2) is 42.5 Å². The van der Waals surface area contributed by atoms with Gasteiger partial charge in [0, 0.05) is 0 Å². The van der Waals surface area contributed by atoms with Gasteiger partial charge >= 0.3 is 5.97 Å². The molecule has 1 amide bonds. The summed E-state index contributed by atoms with van der Waals surface area (Å²) < 4.78 is 18.0. The number of halogens is 2. The van der Waals surface area contributed by atoms with E-state index in [1.54, 1.807) is 0 Å².